The average Bonchev–Trinajstić information content (AvgIpc) is 3.02. The van der Waals surface area contributed by atoms with E-state index in [1.165, 1.54) is 0 Å². The standard InChI is InChI=1S/C32H41N4O4PS/c1-5-22-21-36-18-16-24(22)19-29(36)30(26-15-17-33-28-14-13-25(38-4)20-27(26)28)34-32(42)35-31(23-11-9-8-10-12-23)41(37,39-6-2)40-7-3/h5,8-15,17,20,22,24,29-31H,1,6-7,16,18-19,21H2,2-4H3,(H2,34,35,42)/t22?,24?,29?,30-,31?/m0/s1. The third-order valence-electron chi connectivity index (χ3n) is 8.46. The first-order valence-corrected chi connectivity index (χ1v) is 16.7. The van der Waals surface area contributed by atoms with Crippen molar-refractivity contribution in [1.82, 2.24) is 20.5 Å². The summed E-state index contributed by atoms with van der Waals surface area (Å²) in [6.07, 6.45) is 6.14. The molecule has 6 rings (SSSR count). The summed E-state index contributed by atoms with van der Waals surface area (Å²) in [5.41, 5.74) is 2.75. The Labute approximate surface area is 254 Å². The van der Waals surface area contributed by atoms with Gasteiger partial charge in [0.05, 0.1) is 31.9 Å². The molecule has 224 valence electrons. The van der Waals surface area contributed by atoms with Crippen LogP contribution in [0, 0.1) is 11.8 Å². The minimum Gasteiger partial charge on any atom is -0.497 e. The highest BCUT2D eigenvalue weighted by Crippen LogP contribution is 2.59. The van der Waals surface area contributed by atoms with Crippen LogP contribution in [0.15, 0.2) is 73.4 Å². The number of nitrogens with one attached hydrogen (secondary N) is 2. The fourth-order valence-corrected chi connectivity index (χ4v) is 8.73. The maximum Gasteiger partial charge on any atom is 0.357 e. The molecule has 0 amide bonds. The van der Waals surface area contributed by atoms with Crippen molar-refractivity contribution < 1.29 is 18.3 Å². The van der Waals surface area contributed by atoms with Crippen LogP contribution in [-0.2, 0) is 13.6 Å². The van der Waals surface area contributed by atoms with E-state index in [-0.39, 0.29) is 25.3 Å². The van der Waals surface area contributed by atoms with Crippen molar-refractivity contribution in [2.45, 2.75) is 44.6 Å². The summed E-state index contributed by atoms with van der Waals surface area (Å²) in [4.78, 5) is 7.18. The Balaban J connectivity index is 1.52. The van der Waals surface area contributed by atoms with Crippen LogP contribution in [-0.4, -0.2) is 54.5 Å². The second-order valence-electron chi connectivity index (χ2n) is 10.8. The second-order valence-corrected chi connectivity index (χ2v) is 13.3. The van der Waals surface area contributed by atoms with Crippen molar-refractivity contribution in [3.63, 3.8) is 0 Å². The summed E-state index contributed by atoms with van der Waals surface area (Å²) < 4.78 is 31.2. The molecule has 3 aliphatic heterocycles. The third-order valence-corrected chi connectivity index (χ3v) is 11.0. The highest BCUT2D eigenvalue weighted by Gasteiger charge is 2.44. The molecule has 0 aliphatic carbocycles. The van der Waals surface area contributed by atoms with E-state index >= 15 is 0 Å². The molecule has 0 spiro atoms. The number of benzene rings is 2. The maximum absolute atomic E-state index is 14.1. The molecule has 10 heteroatoms. The van der Waals surface area contributed by atoms with Gasteiger partial charge >= 0.3 is 7.60 Å². The van der Waals surface area contributed by atoms with Crippen molar-refractivity contribution in [3.05, 3.63) is 84.6 Å². The van der Waals surface area contributed by atoms with E-state index in [1.807, 2.05) is 68.6 Å². The Bertz CT molecular complexity index is 1430. The first-order valence-electron chi connectivity index (χ1n) is 14.7. The van der Waals surface area contributed by atoms with Crippen molar-refractivity contribution in [2.24, 2.45) is 11.8 Å². The summed E-state index contributed by atoms with van der Waals surface area (Å²) in [5.74, 6) is 1.05. The van der Waals surface area contributed by atoms with Gasteiger partial charge in [-0.3, -0.25) is 14.4 Å². The van der Waals surface area contributed by atoms with Crippen LogP contribution < -0.4 is 15.4 Å². The quantitative estimate of drug-likeness (QED) is 0.134. The van der Waals surface area contributed by atoms with Crippen LogP contribution in [0.3, 0.4) is 0 Å². The molecule has 2 N–H and O–H groups in total. The van der Waals surface area contributed by atoms with Crippen LogP contribution in [0.5, 0.6) is 5.75 Å². The summed E-state index contributed by atoms with van der Waals surface area (Å²) in [7, 11) is -1.94. The fraction of sp³-hybridized carbons (Fsp3) is 0.438. The van der Waals surface area contributed by atoms with Gasteiger partial charge in [-0.1, -0.05) is 36.4 Å². The lowest BCUT2D eigenvalue weighted by molar-refractivity contribution is 0.00428. The molecule has 8 nitrogen and oxygen atoms in total. The van der Waals surface area contributed by atoms with Gasteiger partial charge in [0.15, 0.2) is 10.9 Å². The van der Waals surface area contributed by atoms with Crippen LogP contribution in [0.2, 0.25) is 0 Å². The Hall–Kier alpha value is -2.81. The number of hydrogen-bond acceptors (Lipinski definition) is 7. The number of rotatable bonds is 12. The van der Waals surface area contributed by atoms with Crippen LogP contribution in [0.25, 0.3) is 10.9 Å². The summed E-state index contributed by atoms with van der Waals surface area (Å²) in [6, 6.07) is 17.6. The summed E-state index contributed by atoms with van der Waals surface area (Å²) in [6.45, 7) is 10.2. The number of pyridine rings is 1. The molecule has 0 saturated carbocycles. The predicted molar refractivity (Wildman–Crippen MR) is 172 cm³/mol. The lowest BCUT2D eigenvalue weighted by Gasteiger charge is -2.52. The molecule has 1 aromatic heterocycles. The number of nitrogens with zero attached hydrogens (tertiary/aromatic N) is 2. The van der Waals surface area contributed by atoms with Crippen LogP contribution in [0.1, 0.15) is 49.6 Å². The molecular weight excluding hydrogens is 567 g/mol. The normalized spacial score (nSPS) is 23.2. The van der Waals surface area contributed by atoms with Gasteiger partial charge in [-0.25, -0.2) is 0 Å². The highest BCUT2D eigenvalue weighted by molar-refractivity contribution is 7.80. The number of ether oxygens (including phenoxy) is 1. The minimum atomic E-state index is -3.61. The Kier molecular flexibility index (Phi) is 9.96. The van der Waals surface area contributed by atoms with Gasteiger partial charge in [0.2, 0.25) is 0 Å². The largest absolute Gasteiger partial charge is 0.497 e. The van der Waals surface area contributed by atoms with Gasteiger partial charge in [0.25, 0.3) is 0 Å². The molecule has 3 fully saturated rings. The summed E-state index contributed by atoms with van der Waals surface area (Å²) >= 11 is 5.99. The smallest absolute Gasteiger partial charge is 0.357 e. The molecule has 3 aromatic rings. The van der Waals surface area contributed by atoms with Gasteiger partial charge < -0.3 is 24.4 Å². The molecule has 5 unspecified atom stereocenters. The Morgan fingerprint density at radius 1 is 1.17 bits per heavy atom. The van der Waals surface area contributed by atoms with Gasteiger partial charge in [-0.15, -0.1) is 6.58 Å². The minimum absolute atomic E-state index is 0.161. The van der Waals surface area contributed by atoms with E-state index in [2.05, 4.69) is 39.2 Å². The molecule has 4 heterocycles. The lowest BCUT2D eigenvalue weighted by Crippen LogP contribution is -2.58. The number of methoxy groups -OCH3 is 1. The van der Waals surface area contributed by atoms with Crippen molar-refractivity contribution in [3.8, 4) is 5.75 Å². The lowest BCUT2D eigenvalue weighted by atomic mass is 9.73. The monoisotopic (exact) mass is 608 g/mol. The van der Waals surface area contributed by atoms with Crippen LogP contribution >= 0.6 is 19.8 Å². The molecule has 3 aliphatic rings. The van der Waals surface area contributed by atoms with E-state index in [1.54, 1.807) is 7.11 Å². The topological polar surface area (TPSA) is 85.0 Å². The van der Waals surface area contributed by atoms with E-state index in [0.29, 0.717) is 16.9 Å². The predicted octanol–water partition coefficient (Wildman–Crippen LogP) is 6.61. The molecule has 0 radical (unpaired) electrons. The number of fused-ring (bicyclic) bond motifs is 4. The zero-order valence-corrected chi connectivity index (χ0v) is 26.3. The number of piperidine rings is 3. The summed E-state index contributed by atoms with van der Waals surface area (Å²) in [5, 5.41) is 8.40. The van der Waals surface area contributed by atoms with Crippen molar-refractivity contribution in [2.75, 3.05) is 33.4 Å². The zero-order valence-electron chi connectivity index (χ0n) is 24.6. The van der Waals surface area contributed by atoms with Crippen LogP contribution in [0.4, 0.5) is 0 Å². The van der Waals surface area contributed by atoms with Crippen molar-refractivity contribution >= 4 is 35.8 Å². The van der Waals surface area contributed by atoms with Gasteiger partial charge in [-0.2, -0.15) is 0 Å². The zero-order chi connectivity index (χ0) is 29.7. The number of aromatic nitrogens is 1. The first kappa shape index (κ1) is 30.6. The first-order chi connectivity index (χ1) is 20.4. The maximum atomic E-state index is 14.1. The number of thiocarbonyl (C=S) groups is 1. The molecule has 2 bridgehead atoms. The van der Waals surface area contributed by atoms with E-state index in [0.717, 1.165) is 53.7 Å². The van der Waals surface area contributed by atoms with E-state index in [9.17, 15) is 4.57 Å². The number of hydrogen-bond donors (Lipinski definition) is 2. The fourth-order valence-electron chi connectivity index (χ4n) is 6.48. The molecule has 2 aromatic carbocycles. The molecule has 6 atom stereocenters. The van der Waals surface area contributed by atoms with Crippen molar-refractivity contribution in [1.29, 1.82) is 0 Å². The van der Waals surface area contributed by atoms with E-state index < -0.39 is 13.4 Å². The molecule has 42 heavy (non-hydrogen) atoms. The average molecular weight is 609 g/mol. The SMILES string of the molecule is C=CC1CN2CCC1CC2[C@@H](NC(=S)NC(c1ccccc1)P(=O)(OCC)OCC)c1ccnc2ccc(OC)cc12. The Morgan fingerprint density at radius 3 is 2.57 bits per heavy atom. The molecular formula is C32H41N4O4PS. The highest BCUT2D eigenvalue weighted by atomic mass is 32.1. The van der Waals surface area contributed by atoms with Gasteiger partial charge in [-0.05, 0) is 92.7 Å². The second kappa shape index (κ2) is 13.7. The third kappa shape index (κ3) is 6.41. The van der Waals surface area contributed by atoms with E-state index in [4.69, 9.17) is 26.0 Å². The van der Waals surface area contributed by atoms with Gasteiger partial charge in [0, 0.05) is 24.2 Å². The molecule has 3 saturated heterocycles. The Morgan fingerprint density at radius 2 is 1.93 bits per heavy atom. The van der Waals surface area contributed by atoms with Gasteiger partial charge in [0.1, 0.15) is 5.75 Å².